The Bertz CT molecular complexity index is 477. The molecule has 0 unspecified atom stereocenters. The molecular weight excluding hydrogens is 174 g/mol. The van der Waals surface area contributed by atoms with Gasteiger partial charge in [0.2, 0.25) is 0 Å². The molecule has 0 saturated carbocycles. The number of benzene rings is 1. The number of aromatic nitrogens is 1. The van der Waals surface area contributed by atoms with Gasteiger partial charge >= 0.3 is 0 Å². The fraction of sp³-hybridized carbons (Fsp3) is 0.182. The van der Waals surface area contributed by atoms with Gasteiger partial charge in [0.15, 0.2) is 0 Å². The predicted octanol–water partition coefficient (Wildman–Crippen LogP) is 2.14. The van der Waals surface area contributed by atoms with Crippen LogP contribution in [-0.4, -0.2) is 4.98 Å². The van der Waals surface area contributed by atoms with E-state index >= 15 is 0 Å². The summed E-state index contributed by atoms with van der Waals surface area (Å²) in [4.78, 5) is 4.38. The summed E-state index contributed by atoms with van der Waals surface area (Å²) in [5, 5.41) is 1.21. The van der Waals surface area contributed by atoms with Crippen LogP contribution in [-0.2, 0) is 0 Å². The van der Waals surface area contributed by atoms with Crippen LogP contribution in [0, 0.1) is 13.8 Å². The van der Waals surface area contributed by atoms with E-state index in [0.29, 0.717) is 5.82 Å². The molecular formula is C11H13N3. The molecule has 1 heterocycles. The topological polar surface area (TPSA) is 50.9 Å². The van der Waals surface area contributed by atoms with Crippen LogP contribution < -0.4 is 11.3 Å². The first-order chi connectivity index (χ1) is 6.72. The van der Waals surface area contributed by atoms with Crippen LogP contribution in [0.15, 0.2) is 24.3 Å². The van der Waals surface area contributed by atoms with Crippen LogP contribution in [0.2, 0.25) is 0 Å². The molecule has 0 amide bonds. The van der Waals surface area contributed by atoms with E-state index in [9.17, 15) is 0 Å². The highest BCUT2D eigenvalue weighted by Gasteiger charge is 2.03. The summed E-state index contributed by atoms with van der Waals surface area (Å²) in [5.41, 5.74) is 5.99. The average molecular weight is 187 g/mol. The van der Waals surface area contributed by atoms with Gasteiger partial charge in [-0.2, -0.15) is 0 Å². The van der Waals surface area contributed by atoms with Gasteiger partial charge in [0.05, 0.1) is 5.52 Å². The molecule has 0 aliphatic heterocycles. The number of anilines is 1. The molecule has 72 valence electrons. The summed E-state index contributed by atoms with van der Waals surface area (Å²) < 4.78 is 0. The molecule has 0 fully saturated rings. The monoisotopic (exact) mass is 187 g/mol. The fourth-order valence-corrected chi connectivity index (χ4v) is 1.77. The molecule has 1 aromatic heterocycles. The summed E-state index contributed by atoms with van der Waals surface area (Å²) in [6.07, 6.45) is 0. The minimum absolute atomic E-state index is 0.709. The lowest BCUT2D eigenvalue weighted by Crippen LogP contribution is -2.08. The maximum absolute atomic E-state index is 5.34. The number of hydrogen-bond acceptors (Lipinski definition) is 3. The second kappa shape index (κ2) is 3.27. The zero-order valence-corrected chi connectivity index (χ0v) is 8.33. The average Bonchev–Trinajstić information content (AvgIpc) is 2.17. The quantitative estimate of drug-likeness (QED) is 0.531. The Balaban J connectivity index is 2.83. The Hall–Kier alpha value is -1.61. The third kappa shape index (κ3) is 1.32. The number of nitrogens with zero attached hydrogens (tertiary/aromatic N) is 1. The van der Waals surface area contributed by atoms with Crippen molar-refractivity contribution in [3.8, 4) is 0 Å². The zero-order chi connectivity index (χ0) is 10.1. The minimum Gasteiger partial charge on any atom is -0.308 e. The van der Waals surface area contributed by atoms with Crippen molar-refractivity contribution >= 4 is 16.7 Å². The van der Waals surface area contributed by atoms with Crippen LogP contribution in [0.4, 0.5) is 5.82 Å². The number of nitrogens with one attached hydrogen (secondary N) is 1. The molecule has 0 saturated heterocycles. The van der Waals surface area contributed by atoms with E-state index < -0.39 is 0 Å². The normalized spacial score (nSPS) is 10.5. The predicted molar refractivity (Wildman–Crippen MR) is 59.0 cm³/mol. The van der Waals surface area contributed by atoms with Crippen molar-refractivity contribution in [2.24, 2.45) is 5.84 Å². The number of fused-ring (bicyclic) bond motifs is 1. The number of hydrogen-bond donors (Lipinski definition) is 2. The van der Waals surface area contributed by atoms with Crippen molar-refractivity contribution in [3.05, 3.63) is 35.4 Å². The Labute approximate surface area is 82.9 Å². The van der Waals surface area contributed by atoms with Gasteiger partial charge in [-0.1, -0.05) is 12.1 Å². The number of hydrazine groups is 1. The molecule has 3 N–H and O–H groups in total. The Morgan fingerprint density at radius 1 is 1.21 bits per heavy atom. The fourth-order valence-electron chi connectivity index (χ4n) is 1.77. The number of rotatable bonds is 1. The largest absolute Gasteiger partial charge is 0.308 e. The van der Waals surface area contributed by atoms with Crippen molar-refractivity contribution < 1.29 is 0 Å². The molecule has 14 heavy (non-hydrogen) atoms. The van der Waals surface area contributed by atoms with Crippen molar-refractivity contribution in [3.63, 3.8) is 0 Å². The second-order valence-corrected chi connectivity index (χ2v) is 3.44. The van der Waals surface area contributed by atoms with Gasteiger partial charge in [-0.25, -0.2) is 10.8 Å². The van der Waals surface area contributed by atoms with Crippen LogP contribution in [0.1, 0.15) is 11.1 Å². The summed E-state index contributed by atoms with van der Waals surface area (Å²) in [5.74, 6) is 6.04. The second-order valence-electron chi connectivity index (χ2n) is 3.44. The van der Waals surface area contributed by atoms with Crippen molar-refractivity contribution in [2.45, 2.75) is 13.8 Å². The third-order valence-corrected chi connectivity index (χ3v) is 2.39. The first-order valence-electron chi connectivity index (χ1n) is 4.56. The Morgan fingerprint density at radius 3 is 2.71 bits per heavy atom. The standard InChI is InChI=1S/C11H13N3/c1-7-4-3-5-9-11(7)8(2)6-10(13-9)14-12/h3-6H,12H2,1-2H3,(H,13,14). The molecule has 0 aliphatic rings. The first-order valence-corrected chi connectivity index (χ1v) is 4.56. The Morgan fingerprint density at radius 2 is 2.00 bits per heavy atom. The summed E-state index contributed by atoms with van der Waals surface area (Å²) in [6.45, 7) is 4.16. The molecule has 0 atom stereocenters. The van der Waals surface area contributed by atoms with Gasteiger partial charge < -0.3 is 5.43 Å². The van der Waals surface area contributed by atoms with E-state index in [2.05, 4.69) is 30.3 Å². The van der Waals surface area contributed by atoms with E-state index in [1.54, 1.807) is 0 Å². The van der Waals surface area contributed by atoms with Crippen LogP contribution in [0.25, 0.3) is 10.9 Å². The summed E-state index contributed by atoms with van der Waals surface area (Å²) in [7, 11) is 0. The van der Waals surface area contributed by atoms with Crippen molar-refractivity contribution in [1.82, 2.24) is 4.98 Å². The third-order valence-electron chi connectivity index (χ3n) is 2.39. The molecule has 2 aromatic rings. The van der Waals surface area contributed by atoms with Gasteiger partial charge in [0.25, 0.3) is 0 Å². The van der Waals surface area contributed by atoms with E-state index in [4.69, 9.17) is 5.84 Å². The molecule has 0 bridgehead atoms. The first kappa shape index (κ1) is 8.97. The lowest BCUT2D eigenvalue weighted by molar-refractivity contribution is 1.25. The van der Waals surface area contributed by atoms with E-state index in [1.807, 2.05) is 18.2 Å². The smallest absolute Gasteiger partial charge is 0.140 e. The van der Waals surface area contributed by atoms with Gasteiger partial charge in [0.1, 0.15) is 5.82 Å². The summed E-state index contributed by atoms with van der Waals surface area (Å²) in [6, 6.07) is 8.04. The number of nitrogen functional groups attached to an aromatic ring is 1. The van der Waals surface area contributed by atoms with Crippen molar-refractivity contribution in [1.29, 1.82) is 0 Å². The molecule has 3 nitrogen and oxygen atoms in total. The molecule has 0 spiro atoms. The van der Waals surface area contributed by atoms with Crippen LogP contribution >= 0.6 is 0 Å². The highest BCUT2D eigenvalue weighted by Crippen LogP contribution is 2.22. The Kier molecular flexibility index (Phi) is 2.09. The molecule has 0 radical (unpaired) electrons. The lowest BCUT2D eigenvalue weighted by atomic mass is 10.1. The summed E-state index contributed by atoms with van der Waals surface area (Å²) >= 11 is 0. The lowest BCUT2D eigenvalue weighted by Gasteiger charge is -2.07. The molecule has 3 heteroatoms. The van der Waals surface area contributed by atoms with Crippen LogP contribution in [0.5, 0.6) is 0 Å². The molecule has 2 rings (SSSR count). The highest BCUT2D eigenvalue weighted by molar-refractivity contribution is 5.86. The SMILES string of the molecule is Cc1cccc2nc(NN)cc(C)c12. The number of pyridine rings is 1. The number of aryl methyl sites for hydroxylation is 2. The number of nitrogens with two attached hydrogens (primary N) is 1. The molecule has 1 aromatic carbocycles. The van der Waals surface area contributed by atoms with Gasteiger partial charge in [-0.05, 0) is 37.1 Å². The van der Waals surface area contributed by atoms with E-state index in [-0.39, 0.29) is 0 Å². The highest BCUT2D eigenvalue weighted by atomic mass is 15.2. The van der Waals surface area contributed by atoms with E-state index in [1.165, 1.54) is 16.5 Å². The minimum atomic E-state index is 0.709. The maximum Gasteiger partial charge on any atom is 0.140 e. The van der Waals surface area contributed by atoms with Gasteiger partial charge in [-0.15, -0.1) is 0 Å². The van der Waals surface area contributed by atoms with Crippen LogP contribution in [0.3, 0.4) is 0 Å². The maximum atomic E-state index is 5.34. The van der Waals surface area contributed by atoms with Crippen molar-refractivity contribution in [2.75, 3.05) is 5.43 Å². The zero-order valence-electron chi connectivity index (χ0n) is 8.33. The van der Waals surface area contributed by atoms with Gasteiger partial charge in [0, 0.05) is 5.39 Å². The molecule has 0 aliphatic carbocycles. The van der Waals surface area contributed by atoms with Gasteiger partial charge in [-0.3, -0.25) is 0 Å². The van der Waals surface area contributed by atoms with E-state index in [0.717, 1.165) is 5.52 Å².